The first-order valence-corrected chi connectivity index (χ1v) is 15.3. The average molecular weight is 582 g/mol. The zero-order valence-corrected chi connectivity index (χ0v) is 24.1. The van der Waals surface area contributed by atoms with Crippen LogP contribution in [0.4, 0.5) is 0 Å². The summed E-state index contributed by atoms with van der Waals surface area (Å²) in [7, 11) is 0. The summed E-state index contributed by atoms with van der Waals surface area (Å²) in [5, 5.41) is 6.98. The van der Waals surface area contributed by atoms with Crippen LogP contribution in [0.3, 0.4) is 0 Å². The molecule has 5 aliphatic rings. The van der Waals surface area contributed by atoms with Crippen molar-refractivity contribution in [3.05, 3.63) is 71.0 Å². The first kappa shape index (κ1) is 26.6. The Morgan fingerprint density at radius 3 is 2.74 bits per heavy atom. The van der Waals surface area contributed by atoms with E-state index in [1.54, 1.807) is 4.90 Å². The van der Waals surface area contributed by atoms with E-state index < -0.39 is 11.9 Å². The quantitative estimate of drug-likeness (QED) is 0.462. The van der Waals surface area contributed by atoms with Crippen LogP contribution in [0.1, 0.15) is 65.2 Å². The number of imide groups is 1. The number of nitrogens with zero attached hydrogens (tertiary/aromatic N) is 4. The second-order valence-corrected chi connectivity index (χ2v) is 12.6. The van der Waals surface area contributed by atoms with Gasteiger partial charge in [0.05, 0.1) is 32.0 Å². The number of hydrogen-bond donors (Lipinski definition) is 1. The molecule has 0 radical (unpaired) electrons. The van der Waals surface area contributed by atoms with Crippen LogP contribution in [0.25, 0.3) is 11.1 Å². The van der Waals surface area contributed by atoms with E-state index in [4.69, 9.17) is 9.47 Å². The molecular formula is C33H35N5O5. The predicted octanol–water partition coefficient (Wildman–Crippen LogP) is 3.20. The lowest BCUT2D eigenvalue weighted by atomic mass is 9.74. The third-order valence-corrected chi connectivity index (χ3v) is 10.1. The van der Waals surface area contributed by atoms with Crippen molar-refractivity contribution in [1.82, 2.24) is 24.9 Å². The van der Waals surface area contributed by atoms with Gasteiger partial charge in [0.2, 0.25) is 11.8 Å². The van der Waals surface area contributed by atoms with Crippen LogP contribution in [0.15, 0.2) is 48.8 Å². The number of benzene rings is 2. The van der Waals surface area contributed by atoms with Gasteiger partial charge in [0, 0.05) is 53.4 Å². The second kappa shape index (κ2) is 10.3. The van der Waals surface area contributed by atoms with Gasteiger partial charge in [-0.2, -0.15) is 5.10 Å². The maximum Gasteiger partial charge on any atom is 0.255 e. The lowest BCUT2D eigenvalue weighted by Gasteiger charge is -2.38. The van der Waals surface area contributed by atoms with Crippen molar-refractivity contribution in [3.8, 4) is 16.9 Å². The highest BCUT2D eigenvalue weighted by Crippen LogP contribution is 2.49. The lowest BCUT2D eigenvalue weighted by molar-refractivity contribution is -0.136. The number of amides is 3. The summed E-state index contributed by atoms with van der Waals surface area (Å²) < 4.78 is 13.9. The summed E-state index contributed by atoms with van der Waals surface area (Å²) in [5.41, 5.74) is 6.23. The van der Waals surface area contributed by atoms with E-state index in [1.807, 2.05) is 16.9 Å². The zero-order chi connectivity index (χ0) is 29.1. The minimum atomic E-state index is -0.622. The van der Waals surface area contributed by atoms with Crippen molar-refractivity contribution in [2.45, 2.75) is 62.7 Å². The molecule has 2 aromatic carbocycles. The van der Waals surface area contributed by atoms with Crippen LogP contribution < -0.4 is 10.1 Å². The summed E-state index contributed by atoms with van der Waals surface area (Å²) in [4.78, 5) is 41.5. The Morgan fingerprint density at radius 1 is 1.05 bits per heavy atom. The van der Waals surface area contributed by atoms with Gasteiger partial charge in [-0.05, 0) is 62.0 Å². The Balaban J connectivity index is 0.943. The molecule has 2 atom stereocenters. The van der Waals surface area contributed by atoms with Gasteiger partial charge in [-0.3, -0.25) is 29.3 Å². The van der Waals surface area contributed by atoms with Gasteiger partial charge in [-0.25, -0.2) is 0 Å². The second-order valence-electron chi connectivity index (χ2n) is 12.6. The van der Waals surface area contributed by atoms with E-state index in [9.17, 15) is 14.4 Å². The highest BCUT2D eigenvalue weighted by atomic mass is 16.5. The van der Waals surface area contributed by atoms with Gasteiger partial charge < -0.3 is 14.4 Å². The van der Waals surface area contributed by atoms with E-state index in [2.05, 4.69) is 51.8 Å². The number of rotatable bonds is 5. The fraction of sp³-hybridized carbons (Fsp3) is 0.455. The predicted molar refractivity (Wildman–Crippen MR) is 156 cm³/mol. The molecule has 3 aromatic rings. The summed E-state index contributed by atoms with van der Waals surface area (Å²) >= 11 is 0. The maximum atomic E-state index is 13.3. The number of aromatic nitrogens is 2. The minimum Gasteiger partial charge on any atom is -0.492 e. The number of likely N-dealkylation sites (tertiary alicyclic amines) is 1. The molecule has 1 N–H and O–H groups in total. The molecule has 5 aliphatic heterocycles. The first-order chi connectivity index (χ1) is 21.0. The monoisotopic (exact) mass is 581 g/mol. The van der Waals surface area contributed by atoms with Crippen molar-refractivity contribution >= 4 is 17.7 Å². The van der Waals surface area contributed by atoms with Crippen LogP contribution in [-0.4, -0.2) is 76.3 Å². The lowest BCUT2D eigenvalue weighted by Crippen LogP contribution is -2.52. The molecule has 0 unspecified atom stereocenters. The van der Waals surface area contributed by atoms with E-state index in [1.165, 1.54) is 16.7 Å². The number of carbonyl (C=O) groups is 3. The third-order valence-electron chi connectivity index (χ3n) is 10.1. The molecule has 8 rings (SSSR count). The Morgan fingerprint density at radius 2 is 1.93 bits per heavy atom. The number of nitrogens with one attached hydrogen (secondary N) is 1. The Hall–Kier alpha value is -4.02. The van der Waals surface area contributed by atoms with E-state index in [0.717, 1.165) is 69.0 Å². The molecule has 222 valence electrons. The molecule has 43 heavy (non-hydrogen) atoms. The van der Waals surface area contributed by atoms with Crippen molar-refractivity contribution in [1.29, 1.82) is 0 Å². The Kier molecular flexibility index (Phi) is 6.38. The molecule has 1 spiro atoms. The van der Waals surface area contributed by atoms with Gasteiger partial charge in [0.1, 0.15) is 11.8 Å². The number of piperidine rings is 2. The van der Waals surface area contributed by atoms with E-state index in [0.29, 0.717) is 31.2 Å². The van der Waals surface area contributed by atoms with Crippen molar-refractivity contribution in [3.63, 3.8) is 0 Å². The topological polar surface area (TPSA) is 106 Å². The first-order valence-electron chi connectivity index (χ1n) is 15.3. The van der Waals surface area contributed by atoms with Gasteiger partial charge in [0.15, 0.2) is 0 Å². The van der Waals surface area contributed by atoms with Gasteiger partial charge in [-0.15, -0.1) is 0 Å². The normalized spacial score (nSPS) is 24.7. The fourth-order valence-electron chi connectivity index (χ4n) is 7.56. The van der Waals surface area contributed by atoms with E-state index in [-0.39, 0.29) is 23.7 Å². The van der Waals surface area contributed by atoms with Crippen LogP contribution in [-0.2, 0) is 32.8 Å². The molecule has 0 saturated carbocycles. The maximum absolute atomic E-state index is 13.3. The van der Waals surface area contributed by atoms with Gasteiger partial charge in [-0.1, -0.05) is 24.3 Å². The fourth-order valence-corrected chi connectivity index (χ4v) is 7.56. The molecule has 6 heterocycles. The number of hydrogen-bond acceptors (Lipinski definition) is 7. The molecule has 3 fully saturated rings. The van der Waals surface area contributed by atoms with Gasteiger partial charge >= 0.3 is 0 Å². The third kappa shape index (κ3) is 4.55. The van der Waals surface area contributed by atoms with Gasteiger partial charge in [0.25, 0.3) is 5.91 Å². The Labute approximate surface area is 249 Å². The minimum absolute atomic E-state index is 0.0631. The number of carbonyl (C=O) groups excluding carboxylic acids is 3. The number of fused-ring (bicyclic) bond motifs is 4. The van der Waals surface area contributed by atoms with Crippen molar-refractivity contribution < 1.29 is 23.9 Å². The summed E-state index contributed by atoms with van der Waals surface area (Å²) in [6.07, 6.45) is 7.67. The smallest absolute Gasteiger partial charge is 0.255 e. The molecule has 3 saturated heterocycles. The Bertz CT molecular complexity index is 1620. The van der Waals surface area contributed by atoms with Crippen LogP contribution in [0.5, 0.6) is 5.75 Å². The molecule has 1 aromatic heterocycles. The molecule has 10 heteroatoms. The SMILES string of the molecule is O=C1CC[C@H](N2Cc3c(ccc4c3OCC43CCN(Cc4cccc(-c5cnn([C@@H]6CCOC6)c5)c4)CC3)C2=O)C(=O)N1. The molecular weight excluding hydrogens is 546 g/mol. The standard InChI is InChI=1S/C33H35N5O5/c39-29-7-6-28(31(40)35-29)37-18-26-25(32(37)41)4-5-27-30(26)43-20-33(27)9-11-36(12-10-33)16-21-2-1-3-22(14-21)23-15-34-38(17-23)24-8-13-42-19-24/h1-5,14-15,17,24,28H,6-13,16,18-20H2,(H,35,39,40)/t24-,28+/m1/s1. The highest BCUT2D eigenvalue weighted by Gasteiger charge is 2.47. The molecule has 0 bridgehead atoms. The number of ether oxygens (including phenoxy) is 2. The summed E-state index contributed by atoms with van der Waals surface area (Å²) in [5.74, 6) is -0.00278. The summed E-state index contributed by atoms with van der Waals surface area (Å²) in [6.45, 7) is 5.31. The molecule has 3 amide bonds. The average Bonchev–Trinajstić information content (AvgIpc) is 3.82. The zero-order valence-electron chi connectivity index (χ0n) is 24.1. The van der Waals surface area contributed by atoms with Crippen LogP contribution in [0, 0.1) is 0 Å². The molecule has 10 nitrogen and oxygen atoms in total. The van der Waals surface area contributed by atoms with Crippen molar-refractivity contribution in [2.75, 3.05) is 32.9 Å². The van der Waals surface area contributed by atoms with Crippen molar-refractivity contribution in [2.24, 2.45) is 0 Å². The highest BCUT2D eigenvalue weighted by molar-refractivity contribution is 6.05. The summed E-state index contributed by atoms with van der Waals surface area (Å²) in [6, 6.07) is 12.5. The largest absolute Gasteiger partial charge is 0.492 e. The molecule has 0 aliphatic carbocycles. The van der Waals surface area contributed by atoms with Crippen LogP contribution in [0.2, 0.25) is 0 Å². The van der Waals surface area contributed by atoms with E-state index >= 15 is 0 Å². The van der Waals surface area contributed by atoms with Crippen LogP contribution >= 0.6 is 0 Å².